The molecular formula is C14H16N4OS. The number of amides is 1. The Morgan fingerprint density at radius 2 is 2.10 bits per heavy atom. The number of hydrogen-bond donors (Lipinski definition) is 1. The third-order valence-electron chi connectivity index (χ3n) is 2.93. The lowest BCUT2D eigenvalue weighted by Gasteiger charge is -2.22. The molecule has 2 rings (SSSR count). The smallest absolute Gasteiger partial charge is 0.276 e. The number of anilines is 1. The van der Waals surface area contributed by atoms with Crippen molar-refractivity contribution in [3.05, 3.63) is 48.5 Å². The van der Waals surface area contributed by atoms with E-state index < -0.39 is 0 Å². The normalized spacial score (nSPS) is 10.2. The minimum atomic E-state index is -0.118. The Bertz CT molecular complexity index is 609. The van der Waals surface area contributed by atoms with E-state index >= 15 is 0 Å². The summed E-state index contributed by atoms with van der Waals surface area (Å²) in [6.45, 7) is 0.448. The van der Waals surface area contributed by atoms with Crippen molar-refractivity contribution >= 4 is 28.8 Å². The molecule has 0 aliphatic carbocycles. The van der Waals surface area contributed by atoms with E-state index in [0.717, 1.165) is 5.69 Å². The standard InChI is InChI=1S/C14H16N4OS/c1-17-10-16-9-12(17)14(19)18(8-7-13(15)20)11-5-3-2-4-6-11/h2-6,9-10H,7-8H2,1H3,(H2,15,20). The van der Waals surface area contributed by atoms with Crippen LogP contribution in [0.25, 0.3) is 0 Å². The number of imidazole rings is 1. The quantitative estimate of drug-likeness (QED) is 0.851. The number of carbonyl (C=O) groups excluding carboxylic acids is 1. The van der Waals surface area contributed by atoms with E-state index in [9.17, 15) is 4.79 Å². The zero-order valence-electron chi connectivity index (χ0n) is 11.2. The van der Waals surface area contributed by atoms with E-state index in [0.29, 0.717) is 23.6 Å². The van der Waals surface area contributed by atoms with Crippen molar-refractivity contribution in [3.8, 4) is 0 Å². The van der Waals surface area contributed by atoms with Crippen molar-refractivity contribution in [1.29, 1.82) is 0 Å². The highest BCUT2D eigenvalue weighted by Crippen LogP contribution is 2.17. The fraction of sp³-hybridized carbons (Fsp3) is 0.214. The van der Waals surface area contributed by atoms with Crippen molar-refractivity contribution in [2.45, 2.75) is 6.42 Å². The number of aryl methyl sites for hydroxylation is 1. The second-order valence-corrected chi connectivity index (χ2v) is 4.92. The molecule has 1 heterocycles. The van der Waals surface area contributed by atoms with Gasteiger partial charge in [0.25, 0.3) is 5.91 Å². The lowest BCUT2D eigenvalue weighted by molar-refractivity contribution is 0.0980. The van der Waals surface area contributed by atoms with Crippen molar-refractivity contribution in [2.75, 3.05) is 11.4 Å². The Kier molecular flexibility index (Phi) is 4.47. The summed E-state index contributed by atoms with van der Waals surface area (Å²) in [4.78, 5) is 18.7. The van der Waals surface area contributed by atoms with E-state index in [4.69, 9.17) is 18.0 Å². The summed E-state index contributed by atoms with van der Waals surface area (Å²) in [5.41, 5.74) is 6.88. The summed E-state index contributed by atoms with van der Waals surface area (Å²) in [5.74, 6) is -0.118. The highest BCUT2D eigenvalue weighted by Gasteiger charge is 2.20. The van der Waals surface area contributed by atoms with E-state index in [-0.39, 0.29) is 5.91 Å². The highest BCUT2D eigenvalue weighted by atomic mass is 32.1. The second-order valence-electron chi connectivity index (χ2n) is 4.40. The predicted octanol–water partition coefficient (Wildman–Crippen LogP) is 1.74. The summed E-state index contributed by atoms with van der Waals surface area (Å²) in [6.07, 6.45) is 3.64. The van der Waals surface area contributed by atoms with Crippen LogP contribution in [0.3, 0.4) is 0 Å². The number of para-hydroxylation sites is 1. The Hall–Kier alpha value is -2.21. The zero-order chi connectivity index (χ0) is 14.5. The second kappa shape index (κ2) is 6.29. The zero-order valence-corrected chi connectivity index (χ0v) is 12.0. The Morgan fingerprint density at radius 1 is 1.40 bits per heavy atom. The first kappa shape index (κ1) is 14.2. The number of rotatable bonds is 5. The monoisotopic (exact) mass is 288 g/mol. The van der Waals surface area contributed by atoms with Gasteiger partial charge in [-0.25, -0.2) is 4.98 Å². The average molecular weight is 288 g/mol. The van der Waals surface area contributed by atoms with Crippen LogP contribution in [0.2, 0.25) is 0 Å². The predicted molar refractivity (Wildman–Crippen MR) is 82.7 cm³/mol. The number of aromatic nitrogens is 2. The molecule has 2 N–H and O–H groups in total. The molecule has 0 aliphatic heterocycles. The molecule has 0 saturated heterocycles. The molecule has 104 valence electrons. The highest BCUT2D eigenvalue weighted by molar-refractivity contribution is 7.80. The molecule has 0 saturated carbocycles. The Balaban J connectivity index is 2.29. The van der Waals surface area contributed by atoms with Crippen molar-refractivity contribution < 1.29 is 4.79 Å². The van der Waals surface area contributed by atoms with Gasteiger partial charge in [-0.05, 0) is 12.1 Å². The molecule has 2 aromatic rings. The molecule has 1 aromatic carbocycles. The van der Waals surface area contributed by atoms with Crippen molar-refractivity contribution in [1.82, 2.24) is 9.55 Å². The van der Waals surface area contributed by atoms with Gasteiger partial charge in [0.2, 0.25) is 0 Å². The van der Waals surface area contributed by atoms with E-state index in [1.54, 1.807) is 29.0 Å². The van der Waals surface area contributed by atoms with Gasteiger partial charge in [0.05, 0.1) is 17.5 Å². The molecule has 0 spiro atoms. The molecule has 0 fully saturated rings. The van der Waals surface area contributed by atoms with Gasteiger partial charge in [-0.3, -0.25) is 4.79 Å². The number of benzene rings is 1. The third kappa shape index (κ3) is 3.21. The van der Waals surface area contributed by atoms with Gasteiger partial charge in [-0.15, -0.1) is 0 Å². The lowest BCUT2D eigenvalue weighted by atomic mass is 10.2. The minimum absolute atomic E-state index is 0.118. The number of nitrogens with zero attached hydrogens (tertiary/aromatic N) is 3. The first-order valence-corrected chi connectivity index (χ1v) is 6.62. The van der Waals surface area contributed by atoms with Crippen LogP contribution in [0.15, 0.2) is 42.9 Å². The van der Waals surface area contributed by atoms with Crippen LogP contribution in [0, 0.1) is 0 Å². The molecule has 0 unspecified atom stereocenters. The van der Waals surface area contributed by atoms with E-state index in [2.05, 4.69) is 4.98 Å². The first-order chi connectivity index (χ1) is 9.59. The number of nitrogens with two attached hydrogens (primary N) is 1. The molecular weight excluding hydrogens is 272 g/mol. The molecule has 5 nitrogen and oxygen atoms in total. The van der Waals surface area contributed by atoms with Gasteiger partial charge in [0.15, 0.2) is 0 Å². The van der Waals surface area contributed by atoms with Crippen LogP contribution in [-0.2, 0) is 7.05 Å². The van der Waals surface area contributed by atoms with Gasteiger partial charge >= 0.3 is 0 Å². The van der Waals surface area contributed by atoms with Gasteiger partial charge in [0, 0.05) is 25.7 Å². The van der Waals surface area contributed by atoms with Crippen LogP contribution in [-0.4, -0.2) is 27.0 Å². The third-order valence-corrected chi connectivity index (χ3v) is 3.13. The summed E-state index contributed by atoms with van der Waals surface area (Å²) >= 11 is 4.90. The Morgan fingerprint density at radius 3 is 2.65 bits per heavy atom. The summed E-state index contributed by atoms with van der Waals surface area (Å²) in [6, 6.07) is 9.45. The van der Waals surface area contributed by atoms with Crippen molar-refractivity contribution in [2.24, 2.45) is 12.8 Å². The fourth-order valence-corrected chi connectivity index (χ4v) is 1.97. The molecule has 1 amide bonds. The topological polar surface area (TPSA) is 64.2 Å². The van der Waals surface area contributed by atoms with Gasteiger partial charge in [-0.1, -0.05) is 30.4 Å². The van der Waals surface area contributed by atoms with E-state index in [1.165, 1.54) is 0 Å². The molecule has 0 bridgehead atoms. The maximum atomic E-state index is 12.6. The molecule has 0 aliphatic rings. The fourth-order valence-electron chi connectivity index (χ4n) is 1.88. The lowest BCUT2D eigenvalue weighted by Crippen LogP contribution is -2.34. The van der Waals surface area contributed by atoms with Crippen LogP contribution in [0.5, 0.6) is 0 Å². The maximum absolute atomic E-state index is 12.6. The van der Waals surface area contributed by atoms with Gasteiger partial charge in [0.1, 0.15) is 5.69 Å². The largest absolute Gasteiger partial charge is 0.393 e. The molecule has 6 heteroatoms. The van der Waals surface area contributed by atoms with E-state index in [1.807, 2.05) is 30.3 Å². The van der Waals surface area contributed by atoms with Crippen molar-refractivity contribution in [3.63, 3.8) is 0 Å². The Labute approximate surface area is 123 Å². The number of carbonyl (C=O) groups is 1. The summed E-state index contributed by atoms with van der Waals surface area (Å²) < 4.78 is 1.69. The summed E-state index contributed by atoms with van der Waals surface area (Å²) in [7, 11) is 1.79. The summed E-state index contributed by atoms with van der Waals surface area (Å²) in [5, 5.41) is 0. The minimum Gasteiger partial charge on any atom is -0.393 e. The van der Waals surface area contributed by atoms with Crippen LogP contribution in [0.1, 0.15) is 16.9 Å². The molecule has 1 aromatic heterocycles. The van der Waals surface area contributed by atoms with Gasteiger partial charge < -0.3 is 15.2 Å². The SMILES string of the molecule is Cn1cncc1C(=O)N(CCC(N)=S)c1ccccc1. The maximum Gasteiger partial charge on any atom is 0.276 e. The average Bonchev–Trinajstić information content (AvgIpc) is 2.86. The van der Waals surface area contributed by atoms with Crippen LogP contribution < -0.4 is 10.6 Å². The first-order valence-electron chi connectivity index (χ1n) is 6.21. The van der Waals surface area contributed by atoms with Crippen LogP contribution in [0.4, 0.5) is 5.69 Å². The molecule has 0 radical (unpaired) electrons. The number of thiocarbonyl (C=S) groups is 1. The molecule has 0 atom stereocenters. The van der Waals surface area contributed by atoms with Gasteiger partial charge in [-0.2, -0.15) is 0 Å². The van der Waals surface area contributed by atoms with Crippen LogP contribution >= 0.6 is 12.2 Å². The molecule has 20 heavy (non-hydrogen) atoms. The number of hydrogen-bond acceptors (Lipinski definition) is 3.